The molecule has 0 atom stereocenters. The van der Waals surface area contributed by atoms with Crippen LogP contribution in [0.1, 0.15) is 62.9 Å². The number of carbonyl (C=O) groups excluding carboxylic acids is 2. The van der Waals surface area contributed by atoms with E-state index in [0.29, 0.717) is 17.3 Å². The van der Waals surface area contributed by atoms with Gasteiger partial charge in [-0.2, -0.15) is 0 Å². The molecule has 0 unspecified atom stereocenters. The van der Waals surface area contributed by atoms with E-state index in [2.05, 4.69) is 31.9 Å². The number of aromatic nitrogens is 3. The van der Waals surface area contributed by atoms with Crippen LogP contribution in [0.3, 0.4) is 0 Å². The quantitative estimate of drug-likeness (QED) is 0.470. The number of ether oxygens (including phenoxy) is 1. The lowest BCUT2D eigenvalue weighted by atomic mass is 10.00. The van der Waals surface area contributed by atoms with Crippen LogP contribution < -0.4 is 10.2 Å². The van der Waals surface area contributed by atoms with Crippen LogP contribution >= 0.6 is 11.8 Å². The first kappa shape index (κ1) is 22.6. The zero-order chi connectivity index (χ0) is 22.7. The van der Waals surface area contributed by atoms with Gasteiger partial charge in [-0.05, 0) is 69.7 Å². The van der Waals surface area contributed by atoms with Gasteiger partial charge in [0.15, 0.2) is 5.16 Å². The van der Waals surface area contributed by atoms with Gasteiger partial charge in [0.25, 0.3) is 0 Å². The van der Waals surface area contributed by atoms with Crippen LogP contribution in [0.4, 0.5) is 11.6 Å². The number of nitrogens with one attached hydrogen (secondary N) is 1. The Hall–Kier alpha value is -2.55. The number of piperidine rings is 1. The van der Waals surface area contributed by atoms with Crippen LogP contribution in [0.25, 0.3) is 0 Å². The van der Waals surface area contributed by atoms with E-state index in [4.69, 9.17) is 4.74 Å². The first-order chi connectivity index (χ1) is 15.4. The number of esters is 1. The van der Waals surface area contributed by atoms with E-state index in [0.717, 1.165) is 43.0 Å². The lowest BCUT2D eigenvalue weighted by Gasteiger charge is -2.31. The minimum atomic E-state index is -0.369. The van der Waals surface area contributed by atoms with Gasteiger partial charge in [0.2, 0.25) is 11.9 Å². The Kier molecular flexibility index (Phi) is 7.03. The Labute approximate surface area is 193 Å². The fourth-order valence-electron chi connectivity index (χ4n) is 3.74. The third-order valence-corrected chi connectivity index (χ3v) is 6.65. The zero-order valence-electron chi connectivity index (χ0n) is 18.9. The summed E-state index contributed by atoms with van der Waals surface area (Å²) in [5.74, 6) is 1.47. The van der Waals surface area contributed by atoms with Crippen molar-refractivity contribution in [1.82, 2.24) is 14.8 Å². The van der Waals surface area contributed by atoms with Gasteiger partial charge in [-0.3, -0.25) is 9.36 Å². The van der Waals surface area contributed by atoms with Gasteiger partial charge in [0.1, 0.15) is 0 Å². The molecule has 0 spiro atoms. The maximum Gasteiger partial charge on any atom is 0.338 e. The van der Waals surface area contributed by atoms with Gasteiger partial charge in [-0.25, -0.2) is 4.79 Å². The van der Waals surface area contributed by atoms with Crippen molar-refractivity contribution in [3.63, 3.8) is 0 Å². The monoisotopic (exact) mass is 457 g/mol. The molecular weight excluding hydrogens is 426 g/mol. The number of rotatable bonds is 8. The lowest BCUT2D eigenvalue weighted by Crippen LogP contribution is -2.34. The molecule has 1 amide bonds. The number of hydrogen-bond donors (Lipinski definition) is 1. The van der Waals surface area contributed by atoms with Gasteiger partial charge in [0.05, 0.1) is 17.4 Å². The van der Waals surface area contributed by atoms with Crippen LogP contribution in [0.5, 0.6) is 0 Å². The normalized spacial score (nSPS) is 16.9. The van der Waals surface area contributed by atoms with E-state index < -0.39 is 0 Å². The predicted octanol–water partition coefficient (Wildman–Crippen LogP) is 4.15. The molecule has 1 aliphatic heterocycles. The number of thioether (sulfide) groups is 1. The van der Waals surface area contributed by atoms with Gasteiger partial charge >= 0.3 is 5.97 Å². The lowest BCUT2D eigenvalue weighted by molar-refractivity contribution is -0.113. The Morgan fingerprint density at radius 3 is 2.44 bits per heavy atom. The van der Waals surface area contributed by atoms with Crippen molar-refractivity contribution in [2.24, 2.45) is 5.92 Å². The smallest absolute Gasteiger partial charge is 0.338 e. The van der Waals surface area contributed by atoms with E-state index in [9.17, 15) is 9.59 Å². The second kappa shape index (κ2) is 9.94. The number of benzene rings is 1. The minimum Gasteiger partial charge on any atom is -0.459 e. The van der Waals surface area contributed by atoms with Crippen molar-refractivity contribution in [1.29, 1.82) is 0 Å². The SMILES string of the molecule is CC1CCN(c2nnc(SCC(=O)Nc3ccc(C(=O)OC(C)C)cc3)n2C2CC2)CC1. The largest absolute Gasteiger partial charge is 0.459 e. The number of hydrogen-bond acceptors (Lipinski definition) is 7. The van der Waals surface area contributed by atoms with Crippen molar-refractivity contribution in [3.05, 3.63) is 29.8 Å². The molecule has 1 aromatic carbocycles. The van der Waals surface area contributed by atoms with E-state index >= 15 is 0 Å². The molecule has 1 N–H and O–H groups in total. The molecule has 1 aliphatic carbocycles. The molecule has 1 saturated carbocycles. The average molecular weight is 458 g/mol. The van der Waals surface area contributed by atoms with Crippen LogP contribution in [-0.4, -0.2) is 51.6 Å². The highest BCUT2D eigenvalue weighted by molar-refractivity contribution is 7.99. The number of carbonyl (C=O) groups is 2. The highest BCUT2D eigenvalue weighted by Crippen LogP contribution is 2.41. The predicted molar refractivity (Wildman–Crippen MR) is 125 cm³/mol. The summed E-state index contributed by atoms with van der Waals surface area (Å²) in [4.78, 5) is 26.8. The first-order valence-electron chi connectivity index (χ1n) is 11.3. The molecule has 2 heterocycles. The summed E-state index contributed by atoms with van der Waals surface area (Å²) < 4.78 is 7.41. The maximum atomic E-state index is 12.5. The van der Waals surface area contributed by atoms with E-state index in [1.807, 2.05) is 13.8 Å². The number of nitrogens with zero attached hydrogens (tertiary/aromatic N) is 4. The fourth-order valence-corrected chi connectivity index (χ4v) is 4.54. The zero-order valence-corrected chi connectivity index (χ0v) is 19.7. The third kappa shape index (κ3) is 5.62. The van der Waals surface area contributed by atoms with Gasteiger partial charge in [0, 0.05) is 24.8 Å². The van der Waals surface area contributed by atoms with Crippen molar-refractivity contribution >= 4 is 35.3 Å². The molecule has 2 fully saturated rings. The van der Waals surface area contributed by atoms with E-state index in [1.165, 1.54) is 24.6 Å². The summed E-state index contributed by atoms with van der Waals surface area (Å²) in [6.45, 7) is 7.94. The molecule has 4 rings (SSSR count). The van der Waals surface area contributed by atoms with Crippen molar-refractivity contribution < 1.29 is 14.3 Å². The molecule has 0 bridgehead atoms. The van der Waals surface area contributed by atoms with Crippen LogP contribution in [-0.2, 0) is 9.53 Å². The second-order valence-electron chi connectivity index (χ2n) is 8.92. The van der Waals surface area contributed by atoms with E-state index in [1.54, 1.807) is 24.3 Å². The highest BCUT2D eigenvalue weighted by atomic mass is 32.2. The Bertz CT molecular complexity index is 947. The molecule has 2 aliphatic rings. The molecular formula is C23H31N5O3S. The molecule has 0 radical (unpaired) electrons. The molecule has 32 heavy (non-hydrogen) atoms. The Balaban J connectivity index is 1.34. The molecule has 172 valence electrons. The standard InChI is InChI=1S/C23H31N5O3S/c1-15(2)31-21(30)17-4-6-18(7-5-17)24-20(29)14-32-23-26-25-22(28(23)19-8-9-19)27-12-10-16(3)11-13-27/h4-7,15-16,19H,8-14H2,1-3H3,(H,24,29). The van der Waals surface area contributed by atoms with Gasteiger partial charge < -0.3 is 15.0 Å². The fraction of sp³-hybridized carbons (Fsp3) is 0.565. The summed E-state index contributed by atoms with van der Waals surface area (Å²) in [6.07, 6.45) is 4.46. The summed E-state index contributed by atoms with van der Waals surface area (Å²) in [6, 6.07) is 7.18. The number of anilines is 2. The van der Waals surface area contributed by atoms with Crippen molar-refractivity contribution in [3.8, 4) is 0 Å². The van der Waals surface area contributed by atoms with Crippen LogP contribution in [0.15, 0.2) is 29.4 Å². The number of amides is 1. The summed E-state index contributed by atoms with van der Waals surface area (Å²) in [5, 5.41) is 12.6. The molecule has 2 aromatic rings. The Morgan fingerprint density at radius 1 is 1.12 bits per heavy atom. The topological polar surface area (TPSA) is 89.3 Å². The molecule has 8 nitrogen and oxygen atoms in total. The van der Waals surface area contributed by atoms with Crippen molar-refractivity contribution in [2.75, 3.05) is 29.1 Å². The Morgan fingerprint density at radius 2 is 1.81 bits per heavy atom. The molecule has 9 heteroatoms. The molecule has 1 aromatic heterocycles. The van der Waals surface area contributed by atoms with Crippen LogP contribution in [0, 0.1) is 5.92 Å². The third-order valence-electron chi connectivity index (χ3n) is 5.70. The van der Waals surface area contributed by atoms with E-state index in [-0.39, 0.29) is 23.7 Å². The highest BCUT2D eigenvalue weighted by Gasteiger charge is 2.32. The molecule has 1 saturated heterocycles. The van der Waals surface area contributed by atoms with Gasteiger partial charge in [-0.15, -0.1) is 10.2 Å². The van der Waals surface area contributed by atoms with Crippen molar-refractivity contribution in [2.45, 2.75) is 63.8 Å². The summed E-state index contributed by atoms with van der Waals surface area (Å²) >= 11 is 1.42. The maximum absolute atomic E-state index is 12.5. The first-order valence-corrected chi connectivity index (χ1v) is 12.3. The average Bonchev–Trinajstić information content (AvgIpc) is 3.52. The second-order valence-corrected chi connectivity index (χ2v) is 9.86. The minimum absolute atomic E-state index is 0.119. The van der Waals surface area contributed by atoms with Crippen LogP contribution in [0.2, 0.25) is 0 Å². The van der Waals surface area contributed by atoms with Gasteiger partial charge in [-0.1, -0.05) is 18.7 Å². The summed E-state index contributed by atoms with van der Waals surface area (Å²) in [5.41, 5.74) is 1.10. The summed E-state index contributed by atoms with van der Waals surface area (Å²) in [7, 11) is 0.